The lowest BCUT2D eigenvalue weighted by molar-refractivity contribution is -0.118. The molecule has 0 radical (unpaired) electrons. The molecule has 1 unspecified atom stereocenters. The molecule has 13 nitrogen and oxygen atoms in total. The minimum absolute atomic E-state index is 0.0714. The minimum atomic E-state index is -0.230. The van der Waals surface area contributed by atoms with E-state index in [1.807, 2.05) is 19.1 Å². The Morgan fingerprint density at radius 3 is 2.02 bits per heavy atom. The number of methoxy groups -OCH3 is 2. The summed E-state index contributed by atoms with van der Waals surface area (Å²) in [5.74, 6) is 1.66. The molecular formula is C27H38N8O5. The minimum Gasteiger partial charge on any atom is -0.481 e. The molecule has 1 atom stereocenters. The van der Waals surface area contributed by atoms with Gasteiger partial charge in [-0.3, -0.25) is 15.4 Å². The van der Waals surface area contributed by atoms with Crippen LogP contribution in [0.4, 0.5) is 21.2 Å². The van der Waals surface area contributed by atoms with Crippen LogP contribution in [-0.2, 0) is 11.3 Å². The topological polar surface area (TPSA) is 150 Å². The molecule has 216 valence electrons. The molecule has 4 heterocycles. The van der Waals surface area contributed by atoms with E-state index in [1.165, 1.54) is 14.0 Å². The fraction of sp³-hybridized carbons (Fsp3) is 0.519. The van der Waals surface area contributed by atoms with Gasteiger partial charge in [0, 0.05) is 69.3 Å². The zero-order valence-corrected chi connectivity index (χ0v) is 23.5. The Hall–Kier alpha value is -4.13. The molecule has 4 N–H and O–H groups in total. The van der Waals surface area contributed by atoms with Gasteiger partial charge in [-0.2, -0.15) is 9.97 Å². The predicted molar refractivity (Wildman–Crippen MR) is 150 cm³/mol. The number of hydrogen-bond acceptors (Lipinski definition) is 8. The molecule has 2 aromatic rings. The van der Waals surface area contributed by atoms with Gasteiger partial charge >= 0.3 is 12.1 Å². The number of aryl methyl sites for hydroxylation is 1. The third-order valence-corrected chi connectivity index (χ3v) is 7.29. The average Bonchev–Trinajstić information content (AvgIpc) is 3.56. The summed E-state index contributed by atoms with van der Waals surface area (Å²) in [6.45, 7) is 7.36. The Kier molecular flexibility index (Phi) is 9.25. The molecule has 1 spiro atoms. The lowest BCUT2D eigenvalue weighted by Crippen LogP contribution is -2.38. The molecule has 0 bridgehead atoms. The number of aromatic nitrogens is 2. The van der Waals surface area contributed by atoms with Gasteiger partial charge in [0.1, 0.15) is 11.6 Å². The number of ether oxygens (including phenoxy) is 2. The second-order valence-corrected chi connectivity index (χ2v) is 10.3. The summed E-state index contributed by atoms with van der Waals surface area (Å²) in [5, 5.41) is 11.7. The molecule has 0 aliphatic carbocycles. The summed E-state index contributed by atoms with van der Waals surface area (Å²) >= 11 is 0. The molecule has 0 saturated carbocycles. The number of pyridine rings is 2. The fourth-order valence-corrected chi connectivity index (χ4v) is 5.11. The van der Waals surface area contributed by atoms with Crippen molar-refractivity contribution < 1.29 is 23.9 Å². The summed E-state index contributed by atoms with van der Waals surface area (Å²) in [4.78, 5) is 49.3. The Balaban J connectivity index is 1.28. The van der Waals surface area contributed by atoms with Crippen molar-refractivity contribution in [2.45, 2.75) is 33.2 Å². The smallest absolute Gasteiger partial charge is 0.323 e. The predicted octanol–water partition coefficient (Wildman–Crippen LogP) is 2.19. The summed E-state index contributed by atoms with van der Waals surface area (Å²) < 4.78 is 10.7. The first-order valence-corrected chi connectivity index (χ1v) is 13.3. The zero-order chi connectivity index (χ0) is 28.7. The van der Waals surface area contributed by atoms with Crippen molar-refractivity contribution in [3.8, 4) is 11.8 Å². The second-order valence-electron chi connectivity index (χ2n) is 10.3. The molecule has 40 heavy (non-hydrogen) atoms. The first-order chi connectivity index (χ1) is 19.2. The van der Waals surface area contributed by atoms with E-state index in [1.54, 1.807) is 29.0 Å². The van der Waals surface area contributed by atoms with Gasteiger partial charge in [0.25, 0.3) is 0 Å². The standard InChI is InChI=1S/C27H38N8O5/c1-18-5-7-21(30-23(18)39-3)32-25(37)34-13-9-27(16-34)10-14-35(17-27)26(38)33-22-8-6-20(24(31-22)40-4)15-28-11-12-29-19(2)36/h5-8,28H,9-17H2,1-4H3,(H,29,36)(H,30,32,37)(H,31,33,38). The quantitative estimate of drug-likeness (QED) is 0.345. The molecule has 2 fully saturated rings. The van der Waals surface area contributed by atoms with E-state index in [0.717, 1.165) is 24.0 Å². The molecular weight excluding hydrogens is 516 g/mol. The molecule has 2 aliphatic rings. The lowest BCUT2D eigenvalue weighted by atomic mass is 9.86. The van der Waals surface area contributed by atoms with E-state index >= 15 is 0 Å². The lowest BCUT2D eigenvalue weighted by Gasteiger charge is -2.25. The highest BCUT2D eigenvalue weighted by molar-refractivity contribution is 5.89. The van der Waals surface area contributed by atoms with Crippen molar-refractivity contribution >= 4 is 29.6 Å². The van der Waals surface area contributed by atoms with Crippen LogP contribution >= 0.6 is 0 Å². The second kappa shape index (κ2) is 12.8. The van der Waals surface area contributed by atoms with Crippen molar-refractivity contribution in [3.63, 3.8) is 0 Å². The van der Waals surface area contributed by atoms with Crippen LogP contribution < -0.4 is 30.7 Å². The molecule has 13 heteroatoms. The van der Waals surface area contributed by atoms with E-state index in [4.69, 9.17) is 9.47 Å². The molecule has 5 amide bonds. The third-order valence-electron chi connectivity index (χ3n) is 7.29. The number of urea groups is 2. The van der Waals surface area contributed by atoms with Gasteiger partial charge in [-0.25, -0.2) is 9.59 Å². The van der Waals surface area contributed by atoms with Crippen molar-refractivity contribution in [1.82, 2.24) is 30.4 Å². The van der Waals surface area contributed by atoms with E-state index in [0.29, 0.717) is 69.2 Å². The number of nitrogens with zero attached hydrogens (tertiary/aromatic N) is 4. The maximum atomic E-state index is 13.1. The number of amides is 5. The van der Waals surface area contributed by atoms with E-state index in [2.05, 4.69) is 31.2 Å². The van der Waals surface area contributed by atoms with Crippen LogP contribution in [0, 0.1) is 12.3 Å². The van der Waals surface area contributed by atoms with Gasteiger partial charge in [-0.05, 0) is 38.0 Å². The third kappa shape index (κ3) is 7.08. The van der Waals surface area contributed by atoms with Crippen LogP contribution in [0.3, 0.4) is 0 Å². The van der Waals surface area contributed by atoms with Crippen molar-refractivity contribution in [2.75, 3.05) is 64.1 Å². The Labute approximate surface area is 234 Å². The van der Waals surface area contributed by atoms with Gasteiger partial charge in [-0.15, -0.1) is 0 Å². The maximum absolute atomic E-state index is 13.1. The Morgan fingerprint density at radius 2 is 1.45 bits per heavy atom. The molecule has 2 aromatic heterocycles. The summed E-state index contributed by atoms with van der Waals surface area (Å²) in [6, 6.07) is 6.76. The number of rotatable bonds is 9. The van der Waals surface area contributed by atoms with Crippen molar-refractivity contribution in [3.05, 3.63) is 35.4 Å². The average molecular weight is 555 g/mol. The number of anilines is 2. The van der Waals surface area contributed by atoms with Crippen LogP contribution in [0.25, 0.3) is 0 Å². The Morgan fingerprint density at radius 1 is 0.875 bits per heavy atom. The first kappa shape index (κ1) is 28.9. The van der Waals surface area contributed by atoms with Crippen LogP contribution in [0.15, 0.2) is 24.3 Å². The number of likely N-dealkylation sites (tertiary alicyclic amines) is 2. The van der Waals surface area contributed by atoms with Crippen molar-refractivity contribution in [1.29, 1.82) is 0 Å². The molecule has 4 rings (SSSR count). The normalized spacial score (nSPS) is 18.1. The number of carbonyl (C=O) groups excluding carboxylic acids is 3. The number of hydrogen-bond donors (Lipinski definition) is 4. The first-order valence-electron chi connectivity index (χ1n) is 13.3. The van der Waals surface area contributed by atoms with Crippen LogP contribution in [-0.4, -0.2) is 91.2 Å². The van der Waals surface area contributed by atoms with E-state index in [9.17, 15) is 14.4 Å². The summed E-state index contributed by atoms with van der Waals surface area (Å²) in [7, 11) is 3.08. The fourth-order valence-electron chi connectivity index (χ4n) is 5.11. The van der Waals surface area contributed by atoms with E-state index in [-0.39, 0.29) is 23.4 Å². The summed E-state index contributed by atoms with van der Waals surface area (Å²) in [6.07, 6.45) is 1.64. The number of nitrogens with one attached hydrogen (secondary N) is 4. The molecule has 2 aliphatic heterocycles. The van der Waals surface area contributed by atoms with Gasteiger partial charge in [0.05, 0.1) is 14.2 Å². The highest BCUT2D eigenvalue weighted by atomic mass is 16.5. The van der Waals surface area contributed by atoms with Crippen LogP contribution in [0.1, 0.15) is 30.9 Å². The molecule has 2 saturated heterocycles. The van der Waals surface area contributed by atoms with Crippen molar-refractivity contribution in [2.24, 2.45) is 5.41 Å². The maximum Gasteiger partial charge on any atom is 0.323 e. The monoisotopic (exact) mass is 554 g/mol. The highest BCUT2D eigenvalue weighted by Gasteiger charge is 2.46. The van der Waals surface area contributed by atoms with Gasteiger partial charge < -0.3 is 29.9 Å². The molecule has 0 aromatic carbocycles. The van der Waals surface area contributed by atoms with Gasteiger partial charge in [-0.1, -0.05) is 6.07 Å². The summed E-state index contributed by atoms with van der Waals surface area (Å²) in [5.41, 5.74) is 1.60. The van der Waals surface area contributed by atoms with Crippen LogP contribution in [0.2, 0.25) is 0 Å². The van der Waals surface area contributed by atoms with Gasteiger partial charge in [0.15, 0.2) is 0 Å². The largest absolute Gasteiger partial charge is 0.481 e. The SMILES string of the molecule is COc1nc(NC(=O)N2CCC3(CCN(C(=O)Nc4ccc(CNCCNC(C)=O)c(OC)n4)C3)C2)ccc1C. The zero-order valence-electron chi connectivity index (χ0n) is 23.5. The van der Waals surface area contributed by atoms with E-state index < -0.39 is 0 Å². The van der Waals surface area contributed by atoms with Gasteiger partial charge in [0.2, 0.25) is 17.7 Å². The number of carbonyl (C=O) groups is 3. The highest BCUT2D eigenvalue weighted by Crippen LogP contribution is 2.40. The van der Waals surface area contributed by atoms with Crippen LogP contribution in [0.5, 0.6) is 11.8 Å². The Bertz CT molecular complexity index is 1240.